The smallest absolute Gasteiger partial charge is 0.255 e. The Hall–Kier alpha value is -3.38. The first-order valence-electron chi connectivity index (χ1n) is 9.74. The van der Waals surface area contributed by atoms with Gasteiger partial charge in [0.2, 0.25) is 5.91 Å². The highest BCUT2D eigenvalue weighted by Gasteiger charge is 2.34. The average molecular weight is 439 g/mol. The number of hydrogen-bond donors (Lipinski definition) is 1. The first-order valence-corrected chi connectivity index (χ1v) is 10.1. The molecular weight excluding hydrogens is 419 g/mol. The lowest BCUT2D eigenvalue weighted by atomic mass is 10.0. The van der Waals surface area contributed by atoms with E-state index < -0.39 is 6.04 Å². The molecule has 3 aromatic rings. The van der Waals surface area contributed by atoms with Crippen LogP contribution < -0.4 is 10.1 Å². The minimum absolute atomic E-state index is 0.0129. The quantitative estimate of drug-likeness (QED) is 0.574. The van der Waals surface area contributed by atoms with Crippen LogP contribution in [0.15, 0.2) is 66.7 Å². The molecule has 1 heterocycles. The third-order valence-corrected chi connectivity index (χ3v) is 5.53. The first kappa shape index (κ1) is 20.9. The van der Waals surface area contributed by atoms with E-state index in [2.05, 4.69) is 5.32 Å². The molecule has 0 spiro atoms. The van der Waals surface area contributed by atoms with Crippen LogP contribution in [0, 0.1) is 5.82 Å². The highest BCUT2D eigenvalue weighted by atomic mass is 35.5. The Bertz CT molecular complexity index is 1130. The van der Waals surface area contributed by atoms with Crippen molar-refractivity contribution in [1.29, 1.82) is 0 Å². The second kappa shape index (κ2) is 8.78. The maximum absolute atomic E-state index is 13.5. The number of rotatable bonds is 6. The van der Waals surface area contributed by atoms with Gasteiger partial charge in [-0.25, -0.2) is 4.39 Å². The third-order valence-electron chi connectivity index (χ3n) is 5.29. The SMILES string of the molecule is COc1ccc(Cl)cc1NC(=O)C[C@H](c1ccc(F)cc1)N1Cc2ccccc2C1=O. The highest BCUT2D eigenvalue weighted by Crippen LogP contribution is 2.34. The second-order valence-electron chi connectivity index (χ2n) is 7.25. The molecule has 1 N–H and O–H groups in total. The molecule has 2 amide bonds. The summed E-state index contributed by atoms with van der Waals surface area (Å²) in [6, 6.07) is 17.6. The van der Waals surface area contributed by atoms with Crippen molar-refractivity contribution in [2.75, 3.05) is 12.4 Å². The molecule has 0 saturated heterocycles. The van der Waals surface area contributed by atoms with E-state index in [4.69, 9.17) is 16.3 Å². The number of anilines is 1. The van der Waals surface area contributed by atoms with Crippen LogP contribution in [-0.4, -0.2) is 23.8 Å². The van der Waals surface area contributed by atoms with Crippen molar-refractivity contribution in [2.24, 2.45) is 0 Å². The van der Waals surface area contributed by atoms with E-state index >= 15 is 0 Å². The Labute approximate surface area is 184 Å². The number of hydrogen-bond acceptors (Lipinski definition) is 3. The van der Waals surface area contributed by atoms with E-state index in [9.17, 15) is 14.0 Å². The topological polar surface area (TPSA) is 58.6 Å². The predicted molar refractivity (Wildman–Crippen MR) is 117 cm³/mol. The molecule has 0 saturated carbocycles. The standard InChI is InChI=1S/C24H20ClFN2O3/c1-31-22-11-8-17(25)12-20(22)27-23(29)13-21(15-6-9-18(26)10-7-15)28-14-16-4-2-3-5-19(16)24(28)30/h2-12,21H,13-14H2,1H3,(H,27,29)/t21-/m1/s1. The van der Waals surface area contributed by atoms with Crippen LogP contribution in [0.25, 0.3) is 0 Å². The Morgan fingerprint density at radius 1 is 1.16 bits per heavy atom. The Morgan fingerprint density at radius 3 is 2.61 bits per heavy atom. The van der Waals surface area contributed by atoms with E-state index in [1.165, 1.54) is 19.2 Å². The molecule has 1 aliphatic heterocycles. The van der Waals surface area contributed by atoms with Gasteiger partial charge in [0.15, 0.2) is 0 Å². The molecule has 0 fully saturated rings. The number of benzene rings is 3. The predicted octanol–water partition coefficient (Wildman–Crippen LogP) is 5.21. The Morgan fingerprint density at radius 2 is 1.90 bits per heavy atom. The van der Waals surface area contributed by atoms with Crippen LogP contribution in [0.4, 0.5) is 10.1 Å². The fourth-order valence-electron chi connectivity index (χ4n) is 3.78. The molecule has 7 heteroatoms. The van der Waals surface area contributed by atoms with Crippen molar-refractivity contribution in [3.63, 3.8) is 0 Å². The summed E-state index contributed by atoms with van der Waals surface area (Å²) in [5, 5.41) is 3.27. The number of nitrogens with one attached hydrogen (secondary N) is 1. The number of amides is 2. The number of methoxy groups -OCH3 is 1. The summed E-state index contributed by atoms with van der Waals surface area (Å²) >= 11 is 6.05. The van der Waals surface area contributed by atoms with Gasteiger partial charge in [0, 0.05) is 17.1 Å². The highest BCUT2D eigenvalue weighted by molar-refractivity contribution is 6.31. The molecule has 4 rings (SSSR count). The van der Waals surface area contributed by atoms with Gasteiger partial charge < -0.3 is 15.0 Å². The van der Waals surface area contributed by atoms with E-state index in [1.54, 1.807) is 41.3 Å². The lowest BCUT2D eigenvalue weighted by Crippen LogP contribution is -2.32. The summed E-state index contributed by atoms with van der Waals surface area (Å²) in [6.07, 6.45) is -0.0129. The van der Waals surface area contributed by atoms with Gasteiger partial charge in [-0.05, 0) is 47.5 Å². The summed E-state index contributed by atoms with van der Waals surface area (Å²) < 4.78 is 18.8. The van der Waals surface area contributed by atoms with Gasteiger partial charge in [-0.15, -0.1) is 0 Å². The van der Waals surface area contributed by atoms with Gasteiger partial charge >= 0.3 is 0 Å². The van der Waals surface area contributed by atoms with Crippen molar-refractivity contribution in [3.05, 3.63) is 94.3 Å². The zero-order valence-corrected chi connectivity index (χ0v) is 17.5. The normalized spacial score (nSPS) is 13.6. The number of nitrogens with zero attached hydrogens (tertiary/aromatic N) is 1. The number of halogens is 2. The maximum atomic E-state index is 13.5. The summed E-state index contributed by atoms with van der Waals surface area (Å²) in [5.41, 5.74) is 2.63. The Balaban J connectivity index is 1.62. The summed E-state index contributed by atoms with van der Waals surface area (Å²) in [7, 11) is 1.50. The molecule has 0 unspecified atom stereocenters. The molecule has 31 heavy (non-hydrogen) atoms. The van der Waals surface area contributed by atoms with Gasteiger partial charge in [-0.3, -0.25) is 9.59 Å². The van der Waals surface area contributed by atoms with E-state index in [0.29, 0.717) is 34.1 Å². The van der Waals surface area contributed by atoms with Crippen molar-refractivity contribution in [1.82, 2.24) is 4.90 Å². The van der Waals surface area contributed by atoms with Crippen molar-refractivity contribution >= 4 is 29.1 Å². The first-order chi connectivity index (χ1) is 15.0. The molecule has 0 bridgehead atoms. The number of carbonyl (C=O) groups excluding carboxylic acids is 2. The van der Waals surface area contributed by atoms with Crippen LogP contribution >= 0.6 is 11.6 Å². The van der Waals surface area contributed by atoms with Gasteiger partial charge in [-0.1, -0.05) is 41.9 Å². The largest absolute Gasteiger partial charge is 0.495 e. The molecule has 0 aromatic heterocycles. The lowest BCUT2D eigenvalue weighted by molar-refractivity contribution is -0.117. The maximum Gasteiger partial charge on any atom is 0.255 e. The summed E-state index contributed by atoms with van der Waals surface area (Å²) in [4.78, 5) is 27.6. The van der Waals surface area contributed by atoms with Crippen LogP contribution in [-0.2, 0) is 11.3 Å². The van der Waals surface area contributed by atoms with Gasteiger partial charge in [0.05, 0.1) is 25.3 Å². The van der Waals surface area contributed by atoms with Crippen LogP contribution in [0.5, 0.6) is 5.75 Å². The number of carbonyl (C=O) groups is 2. The third kappa shape index (κ3) is 4.39. The van der Waals surface area contributed by atoms with Crippen molar-refractivity contribution < 1.29 is 18.7 Å². The van der Waals surface area contributed by atoms with Crippen LogP contribution in [0.1, 0.15) is 33.9 Å². The molecule has 1 aliphatic rings. The molecule has 3 aromatic carbocycles. The van der Waals surface area contributed by atoms with E-state index in [-0.39, 0.29) is 24.1 Å². The van der Waals surface area contributed by atoms with Gasteiger partial charge in [0.25, 0.3) is 5.91 Å². The second-order valence-corrected chi connectivity index (χ2v) is 7.69. The monoisotopic (exact) mass is 438 g/mol. The number of fused-ring (bicyclic) bond motifs is 1. The molecule has 158 valence electrons. The van der Waals surface area contributed by atoms with Crippen LogP contribution in [0.3, 0.4) is 0 Å². The fraction of sp³-hybridized carbons (Fsp3) is 0.167. The van der Waals surface area contributed by atoms with Gasteiger partial charge in [-0.2, -0.15) is 0 Å². The summed E-state index contributed by atoms with van der Waals surface area (Å²) in [6.45, 7) is 0.380. The minimum atomic E-state index is -0.564. The van der Waals surface area contributed by atoms with E-state index in [0.717, 1.165) is 5.56 Å². The molecule has 0 aliphatic carbocycles. The van der Waals surface area contributed by atoms with Crippen molar-refractivity contribution in [2.45, 2.75) is 19.0 Å². The fourth-order valence-corrected chi connectivity index (χ4v) is 3.95. The molecule has 1 atom stereocenters. The minimum Gasteiger partial charge on any atom is -0.495 e. The van der Waals surface area contributed by atoms with Gasteiger partial charge in [0.1, 0.15) is 11.6 Å². The van der Waals surface area contributed by atoms with E-state index in [1.807, 2.05) is 18.2 Å². The molecule has 5 nitrogen and oxygen atoms in total. The number of ether oxygens (including phenoxy) is 1. The van der Waals surface area contributed by atoms with Crippen molar-refractivity contribution in [3.8, 4) is 5.75 Å². The van der Waals surface area contributed by atoms with Crippen LogP contribution in [0.2, 0.25) is 5.02 Å². The Kier molecular flexibility index (Phi) is 5.91. The molecular formula is C24H20ClFN2O3. The zero-order chi connectivity index (χ0) is 22.0. The average Bonchev–Trinajstić information content (AvgIpc) is 3.09. The zero-order valence-electron chi connectivity index (χ0n) is 16.8. The molecule has 0 radical (unpaired) electrons. The lowest BCUT2D eigenvalue weighted by Gasteiger charge is -2.28. The summed E-state index contributed by atoms with van der Waals surface area (Å²) in [5.74, 6) is -0.385.